The van der Waals surface area contributed by atoms with E-state index in [9.17, 15) is 18.7 Å². The van der Waals surface area contributed by atoms with E-state index >= 15 is 0 Å². The first kappa shape index (κ1) is 22.2. The normalized spacial score (nSPS) is 13.0. The Kier molecular flexibility index (Phi) is 7.84. The summed E-state index contributed by atoms with van der Waals surface area (Å²) in [5.74, 6) is -1.01. The number of aliphatic hydroxyl groups excluding tert-OH is 1. The molecule has 2 N–H and O–H groups in total. The third kappa shape index (κ3) is 6.21. The molecule has 0 aliphatic rings. The van der Waals surface area contributed by atoms with E-state index in [2.05, 4.69) is 5.32 Å². The summed E-state index contributed by atoms with van der Waals surface area (Å²) in [7, 11) is 0. The van der Waals surface area contributed by atoms with E-state index in [0.717, 1.165) is 17.5 Å². The average Bonchev–Trinajstić information content (AvgIpc) is 2.65. The highest BCUT2D eigenvalue weighted by Crippen LogP contribution is 2.32. The lowest BCUT2D eigenvalue weighted by Gasteiger charge is -2.31. The number of carbonyl (C=O) groups excluding carboxylic acids is 1. The lowest BCUT2D eigenvalue weighted by Crippen LogP contribution is -2.43. The Hall–Kier alpha value is -2.11. The number of hydrogen-bond donors (Lipinski definition) is 2. The number of aliphatic hydroxyl groups is 1. The van der Waals surface area contributed by atoms with Gasteiger partial charge in [-0.25, -0.2) is 8.78 Å². The quantitative estimate of drug-likeness (QED) is 0.575. The van der Waals surface area contributed by atoms with Crippen molar-refractivity contribution in [1.29, 1.82) is 0 Å². The van der Waals surface area contributed by atoms with Crippen LogP contribution >= 0.6 is 0 Å². The molecular weight excluding hydrogens is 360 g/mol. The maximum Gasteiger partial charge on any atom is 0.134 e. The number of carbonyl (C=O) groups is 1. The first-order valence-corrected chi connectivity index (χ1v) is 9.67. The highest BCUT2D eigenvalue weighted by Gasteiger charge is 2.31. The SMILES string of the molecule is CCCNC(O)C(C)(C)CC(=O)CC(c1ccc(F)cc1)c1ccc(F)cc1. The molecule has 1 atom stereocenters. The van der Waals surface area contributed by atoms with Crippen LogP contribution in [0.5, 0.6) is 0 Å². The van der Waals surface area contributed by atoms with E-state index in [-0.39, 0.29) is 36.2 Å². The summed E-state index contributed by atoms with van der Waals surface area (Å²) in [5, 5.41) is 13.4. The summed E-state index contributed by atoms with van der Waals surface area (Å²) >= 11 is 0. The molecule has 2 aromatic rings. The zero-order valence-electron chi connectivity index (χ0n) is 16.7. The molecule has 0 heterocycles. The van der Waals surface area contributed by atoms with Crippen molar-refractivity contribution in [3.05, 3.63) is 71.3 Å². The first-order valence-electron chi connectivity index (χ1n) is 9.67. The Morgan fingerprint density at radius 3 is 1.89 bits per heavy atom. The smallest absolute Gasteiger partial charge is 0.134 e. The first-order chi connectivity index (χ1) is 13.2. The Labute approximate surface area is 165 Å². The van der Waals surface area contributed by atoms with Crippen LogP contribution in [-0.2, 0) is 4.79 Å². The van der Waals surface area contributed by atoms with Crippen molar-refractivity contribution in [2.75, 3.05) is 6.54 Å². The molecule has 3 nitrogen and oxygen atoms in total. The number of benzene rings is 2. The van der Waals surface area contributed by atoms with E-state index in [1.807, 2.05) is 20.8 Å². The Morgan fingerprint density at radius 1 is 1.00 bits per heavy atom. The van der Waals surface area contributed by atoms with Crippen molar-refractivity contribution in [3.8, 4) is 0 Å². The van der Waals surface area contributed by atoms with Gasteiger partial charge in [-0.2, -0.15) is 0 Å². The highest BCUT2D eigenvalue weighted by atomic mass is 19.1. The second-order valence-corrected chi connectivity index (χ2v) is 7.92. The van der Waals surface area contributed by atoms with Crippen LogP contribution in [0.15, 0.2) is 48.5 Å². The number of nitrogens with one attached hydrogen (secondary N) is 1. The second kappa shape index (κ2) is 9.89. The van der Waals surface area contributed by atoms with E-state index in [4.69, 9.17) is 0 Å². The lowest BCUT2D eigenvalue weighted by molar-refractivity contribution is -0.123. The summed E-state index contributed by atoms with van der Waals surface area (Å²) in [4.78, 5) is 12.8. The van der Waals surface area contributed by atoms with Crippen LogP contribution in [0.2, 0.25) is 0 Å². The standard InChI is InChI=1S/C23H29F2NO2/c1-4-13-26-22(28)23(2,3)15-20(27)14-21(16-5-9-18(24)10-6-16)17-7-11-19(25)12-8-17/h5-12,21-22,26,28H,4,13-15H2,1-3H3. The monoisotopic (exact) mass is 389 g/mol. The molecule has 0 radical (unpaired) electrons. The molecule has 0 aromatic heterocycles. The van der Waals surface area contributed by atoms with Gasteiger partial charge in [0.05, 0.1) is 0 Å². The van der Waals surface area contributed by atoms with Crippen LogP contribution < -0.4 is 5.32 Å². The Morgan fingerprint density at radius 2 is 1.46 bits per heavy atom. The van der Waals surface area contributed by atoms with Crippen LogP contribution in [-0.4, -0.2) is 23.7 Å². The van der Waals surface area contributed by atoms with Crippen molar-refractivity contribution >= 4 is 5.78 Å². The van der Waals surface area contributed by atoms with Crippen LogP contribution in [0.3, 0.4) is 0 Å². The maximum absolute atomic E-state index is 13.3. The number of hydrogen-bond acceptors (Lipinski definition) is 3. The summed E-state index contributed by atoms with van der Waals surface area (Å²) in [6.45, 7) is 6.38. The molecule has 2 aromatic carbocycles. The molecule has 0 amide bonds. The Balaban J connectivity index is 2.18. The van der Waals surface area contributed by atoms with Crippen LogP contribution in [0.4, 0.5) is 8.78 Å². The van der Waals surface area contributed by atoms with Crippen molar-refractivity contribution in [2.45, 2.75) is 52.2 Å². The fraction of sp³-hybridized carbons (Fsp3) is 0.435. The van der Waals surface area contributed by atoms with Crippen molar-refractivity contribution in [2.24, 2.45) is 5.41 Å². The third-order valence-corrected chi connectivity index (χ3v) is 4.96. The molecule has 0 spiro atoms. The second-order valence-electron chi connectivity index (χ2n) is 7.92. The van der Waals surface area contributed by atoms with Gasteiger partial charge in [-0.15, -0.1) is 0 Å². The van der Waals surface area contributed by atoms with Crippen LogP contribution in [0.25, 0.3) is 0 Å². The summed E-state index contributed by atoms with van der Waals surface area (Å²) in [5.41, 5.74) is 0.968. The molecule has 0 aliphatic carbocycles. The predicted molar refractivity (Wildman–Crippen MR) is 107 cm³/mol. The minimum absolute atomic E-state index is 0.0130. The van der Waals surface area contributed by atoms with Crippen LogP contribution in [0, 0.1) is 17.0 Å². The maximum atomic E-state index is 13.3. The molecule has 0 saturated heterocycles. The molecule has 2 rings (SSSR count). The predicted octanol–water partition coefficient (Wildman–Crippen LogP) is 4.79. The van der Waals surface area contributed by atoms with Gasteiger partial charge in [-0.1, -0.05) is 45.0 Å². The molecule has 0 fully saturated rings. The fourth-order valence-corrected chi connectivity index (χ4v) is 3.28. The number of halogens is 2. The molecule has 5 heteroatoms. The molecule has 0 saturated carbocycles. The minimum Gasteiger partial charge on any atom is -0.378 e. The Bertz CT molecular complexity index is 712. The van der Waals surface area contributed by atoms with E-state index in [1.54, 1.807) is 24.3 Å². The summed E-state index contributed by atoms with van der Waals surface area (Å²) < 4.78 is 26.7. The number of ketones is 1. The molecule has 152 valence electrons. The molecule has 28 heavy (non-hydrogen) atoms. The van der Waals surface area contributed by atoms with Gasteiger partial charge in [0, 0.05) is 24.2 Å². The third-order valence-electron chi connectivity index (χ3n) is 4.96. The van der Waals surface area contributed by atoms with Crippen molar-refractivity contribution < 1.29 is 18.7 Å². The number of Topliss-reactive ketones (excluding diaryl/α,β-unsaturated/α-hetero) is 1. The lowest BCUT2D eigenvalue weighted by atomic mass is 9.80. The van der Waals surface area contributed by atoms with E-state index < -0.39 is 11.6 Å². The van der Waals surface area contributed by atoms with E-state index in [0.29, 0.717) is 6.54 Å². The molecule has 0 aliphatic heterocycles. The van der Waals surface area contributed by atoms with Crippen LogP contribution in [0.1, 0.15) is 57.1 Å². The van der Waals surface area contributed by atoms with Crippen molar-refractivity contribution in [1.82, 2.24) is 5.32 Å². The van der Waals surface area contributed by atoms with Gasteiger partial charge in [0.25, 0.3) is 0 Å². The molecule has 0 bridgehead atoms. The number of rotatable bonds is 10. The fourth-order valence-electron chi connectivity index (χ4n) is 3.28. The van der Waals surface area contributed by atoms with E-state index in [1.165, 1.54) is 24.3 Å². The van der Waals surface area contributed by atoms with Gasteiger partial charge in [0.2, 0.25) is 0 Å². The van der Waals surface area contributed by atoms with Gasteiger partial charge in [0.1, 0.15) is 23.6 Å². The van der Waals surface area contributed by atoms with Gasteiger partial charge >= 0.3 is 0 Å². The summed E-state index contributed by atoms with van der Waals surface area (Å²) in [6.07, 6.45) is 0.495. The van der Waals surface area contributed by atoms with Gasteiger partial charge < -0.3 is 5.11 Å². The molecule has 1 unspecified atom stereocenters. The highest BCUT2D eigenvalue weighted by molar-refractivity contribution is 5.80. The van der Waals surface area contributed by atoms with Gasteiger partial charge in [0.15, 0.2) is 0 Å². The summed E-state index contributed by atoms with van der Waals surface area (Å²) in [6, 6.07) is 12.0. The minimum atomic E-state index is -0.786. The van der Waals surface area contributed by atoms with Gasteiger partial charge in [-0.05, 0) is 48.4 Å². The van der Waals surface area contributed by atoms with Crippen molar-refractivity contribution in [3.63, 3.8) is 0 Å². The topological polar surface area (TPSA) is 49.3 Å². The van der Waals surface area contributed by atoms with Gasteiger partial charge in [-0.3, -0.25) is 10.1 Å². The molecular formula is C23H29F2NO2. The average molecular weight is 389 g/mol. The zero-order chi connectivity index (χ0) is 20.7. The largest absolute Gasteiger partial charge is 0.378 e. The zero-order valence-corrected chi connectivity index (χ0v) is 16.7.